The molecule has 1 saturated carbocycles. The first kappa shape index (κ1) is 14.6. The van der Waals surface area contributed by atoms with Gasteiger partial charge in [-0.25, -0.2) is 0 Å². The molecule has 0 unspecified atom stereocenters. The van der Waals surface area contributed by atoms with E-state index >= 15 is 0 Å². The normalized spacial score (nSPS) is 21.3. The van der Waals surface area contributed by atoms with Gasteiger partial charge in [0.25, 0.3) is 0 Å². The van der Waals surface area contributed by atoms with Gasteiger partial charge in [0.1, 0.15) is 0 Å². The van der Waals surface area contributed by atoms with E-state index in [9.17, 15) is 9.59 Å². The zero-order valence-corrected chi connectivity index (χ0v) is 11.9. The number of hydrogen-bond acceptors (Lipinski definition) is 2. The van der Waals surface area contributed by atoms with Gasteiger partial charge in [-0.05, 0) is 38.7 Å². The highest BCUT2D eigenvalue weighted by Gasteiger charge is 2.49. The molecule has 0 bridgehead atoms. The van der Waals surface area contributed by atoms with Gasteiger partial charge < -0.3 is 10.4 Å². The van der Waals surface area contributed by atoms with Crippen LogP contribution in [0.25, 0.3) is 0 Å². The summed E-state index contributed by atoms with van der Waals surface area (Å²) in [6.07, 6.45) is 2.18. The van der Waals surface area contributed by atoms with Crippen molar-refractivity contribution in [3.05, 3.63) is 35.9 Å². The lowest BCUT2D eigenvalue weighted by Gasteiger charge is -2.26. The first-order valence-electron chi connectivity index (χ1n) is 6.98. The van der Waals surface area contributed by atoms with Gasteiger partial charge in [-0.1, -0.05) is 30.3 Å². The number of benzene rings is 1. The van der Waals surface area contributed by atoms with E-state index in [1.54, 1.807) is 0 Å². The predicted molar refractivity (Wildman–Crippen MR) is 76.2 cm³/mol. The van der Waals surface area contributed by atoms with Crippen LogP contribution in [0.2, 0.25) is 0 Å². The summed E-state index contributed by atoms with van der Waals surface area (Å²) in [4.78, 5) is 22.7. The second kappa shape index (κ2) is 5.65. The fraction of sp³-hybridized carbons (Fsp3) is 0.500. The molecular weight excluding hydrogens is 254 g/mol. The van der Waals surface area contributed by atoms with E-state index in [0.29, 0.717) is 6.42 Å². The Kier molecular flexibility index (Phi) is 4.12. The standard InChI is InChI=1S/C16H21NO3/c1-16(2,9-8-11-6-4-3-5-7-11)17-14(18)12-10-13(12)15(19)20/h3-7,12-13H,8-10H2,1-2H3,(H,17,18)(H,19,20)/t12-,13+/m1/s1. The second-order valence-electron chi connectivity index (χ2n) is 6.15. The molecule has 0 spiro atoms. The van der Waals surface area contributed by atoms with Crippen LogP contribution in [0.4, 0.5) is 0 Å². The molecule has 1 aliphatic rings. The van der Waals surface area contributed by atoms with Crippen LogP contribution in [0.3, 0.4) is 0 Å². The number of hydrogen-bond donors (Lipinski definition) is 2. The molecule has 1 aliphatic carbocycles. The Hall–Kier alpha value is -1.84. The van der Waals surface area contributed by atoms with E-state index in [0.717, 1.165) is 12.8 Å². The number of carbonyl (C=O) groups excluding carboxylic acids is 1. The lowest BCUT2D eigenvalue weighted by molar-refractivity contribution is -0.140. The number of carboxylic acids is 1. The van der Waals surface area contributed by atoms with Gasteiger partial charge in [-0.3, -0.25) is 9.59 Å². The molecule has 2 atom stereocenters. The van der Waals surface area contributed by atoms with E-state index < -0.39 is 11.9 Å². The number of carboxylic acid groups (broad SMARTS) is 1. The fourth-order valence-electron chi connectivity index (χ4n) is 2.35. The van der Waals surface area contributed by atoms with Crippen LogP contribution in [0.15, 0.2) is 30.3 Å². The highest BCUT2D eigenvalue weighted by molar-refractivity contribution is 5.89. The van der Waals surface area contributed by atoms with Gasteiger partial charge in [0.2, 0.25) is 5.91 Å². The van der Waals surface area contributed by atoms with Crippen molar-refractivity contribution in [3.8, 4) is 0 Å². The number of nitrogens with one attached hydrogen (secondary N) is 1. The summed E-state index contributed by atoms with van der Waals surface area (Å²) >= 11 is 0. The Balaban J connectivity index is 1.82. The molecule has 108 valence electrons. The highest BCUT2D eigenvalue weighted by atomic mass is 16.4. The van der Waals surface area contributed by atoms with E-state index in [1.807, 2.05) is 32.0 Å². The molecule has 20 heavy (non-hydrogen) atoms. The van der Waals surface area contributed by atoms with Crippen LogP contribution in [0.1, 0.15) is 32.3 Å². The molecule has 1 fully saturated rings. The lowest BCUT2D eigenvalue weighted by Crippen LogP contribution is -2.44. The SMILES string of the molecule is CC(C)(CCc1ccccc1)NC(=O)[C@@H]1C[C@@H]1C(=O)O. The molecule has 0 aromatic heterocycles. The van der Waals surface area contributed by atoms with Crippen molar-refractivity contribution in [2.75, 3.05) is 0 Å². The third kappa shape index (κ3) is 3.83. The Labute approximate surface area is 119 Å². The summed E-state index contributed by atoms with van der Waals surface area (Å²) < 4.78 is 0. The Morgan fingerprint density at radius 2 is 1.90 bits per heavy atom. The molecule has 1 aromatic rings. The van der Waals surface area contributed by atoms with Crippen LogP contribution in [0, 0.1) is 11.8 Å². The number of aliphatic carboxylic acids is 1. The topological polar surface area (TPSA) is 66.4 Å². The maximum Gasteiger partial charge on any atom is 0.307 e. The molecule has 0 saturated heterocycles. The van der Waals surface area contributed by atoms with E-state index in [-0.39, 0.29) is 17.4 Å². The Bertz CT molecular complexity index is 496. The molecule has 1 aromatic carbocycles. The summed E-state index contributed by atoms with van der Waals surface area (Å²) in [5.41, 5.74) is 0.920. The average Bonchev–Trinajstić information content (AvgIpc) is 3.18. The molecule has 2 rings (SSSR count). The van der Waals surface area contributed by atoms with Crippen molar-refractivity contribution in [2.24, 2.45) is 11.8 Å². The number of aryl methyl sites for hydroxylation is 1. The van der Waals surface area contributed by atoms with Crippen LogP contribution >= 0.6 is 0 Å². The summed E-state index contributed by atoms with van der Waals surface area (Å²) in [6, 6.07) is 10.1. The zero-order chi connectivity index (χ0) is 14.8. The first-order valence-corrected chi connectivity index (χ1v) is 6.98. The minimum atomic E-state index is -0.868. The highest BCUT2D eigenvalue weighted by Crippen LogP contribution is 2.39. The van der Waals surface area contributed by atoms with Gasteiger partial charge in [0.15, 0.2) is 0 Å². The Morgan fingerprint density at radius 3 is 2.45 bits per heavy atom. The second-order valence-corrected chi connectivity index (χ2v) is 6.15. The van der Waals surface area contributed by atoms with E-state index in [4.69, 9.17) is 5.11 Å². The van der Waals surface area contributed by atoms with Gasteiger partial charge >= 0.3 is 5.97 Å². The molecule has 0 heterocycles. The molecule has 2 N–H and O–H groups in total. The summed E-state index contributed by atoms with van der Waals surface area (Å²) in [5.74, 6) is -1.83. The van der Waals surface area contributed by atoms with Gasteiger partial charge in [0.05, 0.1) is 11.8 Å². The third-order valence-electron chi connectivity index (χ3n) is 3.79. The minimum absolute atomic E-state index is 0.129. The van der Waals surface area contributed by atoms with Crippen LogP contribution in [-0.2, 0) is 16.0 Å². The fourth-order valence-corrected chi connectivity index (χ4v) is 2.35. The van der Waals surface area contributed by atoms with Crippen LogP contribution in [-0.4, -0.2) is 22.5 Å². The summed E-state index contributed by atoms with van der Waals surface area (Å²) in [6.45, 7) is 3.96. The number of rotatable bonds is 6. The molecule has 1 amide bonds. The summed E-state index contributed by atoms with van der Waals surface area (Å²) in [7, 11) is 0. The monoisotopic (exact) mass is 275 g/mol. The smallest absolute Gasteiger partial charge is 0.307 e. The molecular formula is C16H21NO3. The van der Waals surface area contributed by atoms with E-state index in [2.05, 4.69) is 17.4 Å². The van der Waals surface area contributed by atoms with Crippen molar-refractivity contribution in [1.82, 2.24) is 5.32 Å². The average molecular weight is 275 g/mol. The molecule has 4 heteroatoms. The van der Waals surface area contributed by atoms with Crippen LogP contribution in [0.5, 0.6) is 0 Å². The molecule has 4 nitrogen and oxygen atoms in total. The van der Waals surface area contributed by atoms with Crippen molar-refractivity contribution in [1.29, 1.82) is 0 Å². The van der Waals surface area contributed by atoms with Crippen molar-refractivity contribution in [3.63, 3.8) is 0 Å². The lowest BCUT2D eigenvalue weighted by atomic mass is 9.95. The Morgan fingerprint density at radius 1 is 1.25 bits per heavy atom. The van der Waals surface area contributed by atoms with Crippen LogP contribution < -0.4 is 5.32 Å². The largest absolute Gasteiger partial charge is 0.481 e. The molecule has 0 radical (unpaired) electrons. The van der Waals surface area contributed by atoms with Gasteiger partial charge in [-0.15, -0.1) is 0 Å². The van der Waals surface area contributed by atoms with Gasteiger partial charge in [-0.2, -0.15) is 0 Å². The van der Waals surface area contributed by atoms with Crippen molar-refractivity contribution >= 4 is 11.9 Å². The molecule has 0 aliphatic heterocycles. The van der Waals surface area contributed by atoms with Crippen molar-refractivity contribution in [2.45, 2.75) is 38.6 Å². The quantitative estimate of drug-likeness (QED) is 0.836. The number of amides is 1. The minimum Gasteiger partial charge on any atom is -0.481 e. The predicted octanol–water partition coefficient (Wildman–Crippen LogP) is 2.23. The summed E-state index contributed by atoms with van der Waals surface area (Å²) in [5, 5.41) is 11.8. The van der Waals surface area contributed by atoms with Crippen molar-refractivity contribution < 1.29 is 14.7 Å². The third-order valence-corrected chi connectivity index (χ3v) is 3.79. The maximum atomic E-state index is 12.0. The maximum absolute atomic E-state index is 12.0. The number of carbonyl (C=O) groups is 2. The van der Waals surface area contributed by atoms with Gasteiger partial charge in [0, 0.05) is 5.54 Å². The first-order chi connectivity index (χ1) is 9.39. The zero-order valence-electron chi connectivity index (χ0n) is 11.9. The van der Waals surface area contributed by atoms with E-state index in [1.165, 1.54) is 5.56 Å².